The van der Waals surface area contributed by atoms with Crippen molar-refractivity contribution in [3.05, 3.63) is 71.8 Å². The fraction of sp³-hybridized carbons (Fsp3) is 0.643. The van der Waals surface area contributed by atoms with E-state index in [2.05, 4.69) is 6.92 Å². The topological polar surface area (TPSA) is 136 Å². The summed E-state index contributed by atoms with van der Waals surface area (Å²) in [5.74, 6) is -2.95. The lowest BCUT2D eigenvalue weighted by atomic mass is 9.55. The number of Topliss-reactive ketones (excluding diaryl/α,β-unsaturated/α-hetero) is 1. The molecule has 53 heavy (non-hydrogen) atoms. The molecule has 0 radical (unpaired) electrons. The molecule has 2 aromatic rings. The zero-order valence-corrected chi connectivity index (χ0v) is 32.2. The molecule has 11 nitrogen and oxygen atoms in total. The van der Waals surface area contributed by atoms with Gasteiger partial charge in [0.25, 0.3) is 0 Å². The zero-order chi connectivity index (χ0) is 38.3. The van der Waals surface area contributed by atoms with Gasteiger partial charge in [-0.25, -0.2) is 0 Å². The van der Waals surface area contributed by atoms with Crippen LogP contribution in [0.4, 0.5) is 0 Å². The lowest BCUT2D eigenvalue weighted by Crippen LogP contribution is -2.75. The van der Waals surface area contributed by atoms with Crippen LogP contribution in [-0.2, 0) is 60.8 Å². The Morgan fingerprint density at radius 1 is 0.943 bits per heavy atom. The van der Waals surface area contributed by atoms with Crippen molar-refractivity contribution >= 4 is 17.7 Å². The minimum Gasteiger partial charge on any atom is -0.462 e. The van der Waals surface area contributed by atoms with Crippen molar-refractivity contribution in [3.63, 3.8) is 0 Å². The van der Waals surface area contributed by atoms with Crippen molar-refractivity contribution in [1.29, 1.82) is 0 Å². The van der Waals surface area contributed by atoms with Crippen molar-refractivity contribution in [2.24, 2.45) is 29.6 Å². The number of esters is 2. The molecule has 0 aromatic heterocycles. The molecule has 12 atom stereocenters. The molecule has 11 heteroatoms. The van der Waals surface area contributed by atoms with E-state index in [9.17, 15) is 19.5 Å². The van der Waals surface area contributed by atoms with E-state index in [4.69, 9.17) is 33.2 Å². The van der Waals surface area contributed by atoms with Gasteiger partial charge in [-0.15, -0.1) is 0 Å². The molecule has 1 N–H and O–H groups in total. The van der Waals surface area contributed by atoms with Crippen molar-refractivity contribution in [3.8, 4) is 0 Å². The van der Waals surface area contributed by atoms with E-state index >= 15 is 0 Å². The summed E-state index contributed by atoms with van der Waals surface area (Å²) in [6.45, 7) is 11.2. The van der Waals surface area contributed by atoms with Gasteiger partial charge in [0, 0.05) is 45.1 Å². The number of aliphatic hydroxyl groups is 1. The second kappa shape index (κ2) is 18.0. The molecule has 3 fully saturated rings. The average Bonchev–Trinajstić information content (AvgIpc) is 3.13. The minimum absolute atomic E-state index is 0.0708. The predicted octanol–water partition coefficient (Wildman–Crippen LogP) is 5.83. The standard InChI is InChI=1S/C42H58O11/c1-26-21-42(53-38(27(26)2)28(3)34(51-31(6)44)25-49-30(5)43)36(45)19-14-20-41(42,46)37-29(4)40(47-7)52-35(24-48-22-32-15-10-8-11-16-32)39(37)50-23-33-17-12-9-13-18-33/h8-13,15-18,26-29,34-35,37-40,46H,14,19-25H2,1-7H3/t26-,27-,28-,29?,34-,35?,37-,38?,39+,40-,41?,42-/m1/s1. The summed E-state index contributed by atoms with van der Waals surface area (Å²) in [5.41, 5.74) is -1.36. The molecule has 0 bridgehead atoms. The Balaban J connectivity index is 1.55. The first-order valence-corrected chi connectivity index (χ1v) is 19.0. The largest absolute Gasteiger partial charge is 0.462 e. The van der Waals surface area contributed by atoms with Crippen LogP contribution in [0.15, 0.2) is 60.7 Å². The van der Waals surface area contributed by atoms with Gasteiger partial charge in [0.2, 0.25) is 0 Å². The molecule has 1 aliphatic carbocycles. The Hall–Kier alpha value is -3.19. The maximum absolute atomic E-state index is 14.6. The Morgan fingerprint density at radius 3 is 2.19 bits per heavy atom. The average molecular weight is 739 g/mol. The molecule has 0 amide bonds. The van der Waals surface area contributed by atoms with Gasteiger partial charge in [-0.3, -0.25) is 14.4 Å². The quantitative estimate of drug-likeness (QED) is 0.235. The Bertz CT molecular complexity index is 1500. The molecule has 292 valence electrons. The Morgan fingerprint density at radius 2 is 1.58 bits per heavy atom. The van der Waals surface area contributed by atoms with Crippen LogP contribution in [0.1, 0.15) is 78.4 Å². The molecular formula is C42H58O11. The highest BCUT2D eigenvalue weighted by Crippen LogP contribution is 2.56. The molecular weight excluding hydrogens is 680 g/mol. The van der Waals surface area contributed by atoms with Crippen LogP contribution >= 0.6 is 0 Å². The SMILES string of the molecule is CO[C@@H]1OC(COCc2ccccc2)[C@H](OCc2ccccc2)[C@H](C2(O)CCCC(=O)[C@]23C[C@@H](C)[C@@H](C)C([C@H](C)[C@@H](COC(C)=O)OC(C)=O)O3)C1C. The molecule has 5 rings (SSSR count). The molecule has 2 aliphatic heterocycles. The Kier molecular flexibility index (Phi) is 13.9. The van der Waals surface area contributed by atoms with E-state index in [0.717, 1.165) is 11.1 Å². The summed E-state index contributed by atoms with van der Waals surface area (Å²) in [5, 5.41) is 13.5. The van der Waals surface area contributed by atoms with E-state index in [1.165, 1.54) is 13.8 Å². The fourth-order valence-corrected chi connectivity index (χ4v) is 8.94. The van der Waals surface area contributed by atoms with Crippen molar-refractivity contribution in [2.75, 3.05) is 20.3 Å². The molecule has 4 unspecified atom stereocenters. The summed E-state index contributed by atoms with van der Waals surface area (Å²) in [7, 11) is 1.58. The second-order valence-electron chi connectivity index (χ2n) is 15.4. The first-order chi connectivity index (χ1) is 25.3. The molecule has 2 aromatic carbocycles. The van der Waals surface area contributed by atoms with Crippen LogP contribution < -0.4 is 0 Å². The van der Waals surface area contributed by atoms with Crippen LogP contribution in [-0.4, -0.2) is 85.1 Å². The number of carbonyl (C=O) groups is 3. The first-order valence-electron chi connectivity index (χ1n) is 19.0. The fourth-order valence-electron chi connectivity index (χ4n) is 8.94. The molecule has 1 spiro atoms. The van der Waals surface area contributed by atoms with E-state index in [0.29, 0.717) is 13.0 Å². The maximum atomic E-state index is 14.6. The number of ether oxygens (including phenoxy) is 7. The van der Waals surface area contributed by atoms with Crippen molar-refractivity contribution < 1.29 is 52.6 Å². The van der Waals surface area contributed by atoms with Crippen LogP contribution in [0.2, 0.25) is 0 Å². The summed E-state index contributed by atoms with van der Waals surface area (Å²) in [6.07, 6.45) is -2.27. The first kappa shape index (κ1) is 41.0. The third-order valence-electron chi connectivity index (χ3n) is 11.8. The third-order valence-corrected chi connectivity index (χ3v) is 11.8. The maximum Gasteiger partial charge on any atom is 0.303 e. The highest BCUT2D eigenvalue weighted by molar-refractivity contribution is 5.90. The number of ketones is 1. The molecule has 2 saturated heterocycles. The molecule has 3 aliphatic rings. The third kappa shape index (κ3) is 9.03. The van der Waals surface area contributed by atoms with Crippen LogP contribution in [0.25, 0.3) is 0 Å². The van der Waals surface area contributed by atoms with Crippen molar-refractivity contribution in [1.82, 2.24) is 0 Å². The monoisotopic (exact) mass is 738 g/mol. The minimum atomic E-state index is -1.71. The van der Waals surface area contributed by atoms with E-state index in [1.807, 2.05) is 81.4 Å². The van der Waals surface area contributed by atoms with Crippen LogP contribution in [0, 0.1) is 29.6 Å². The van der Waals surface area contributed by atoms with Gasteiger partial charge in [-0.2, -0.15) is 0 Å². The number of methoxy groups -OCH3 is 1. The van der Waals surface area contributed by atoms with Crippen LogP contribution in [0.3, 0.4) is 0 Å². The van der Waals surface area contributed by atoms with Gasteiger partial charge in [0.05, 0.1) is 32.0 Å². The van der Waals surface area contributed by atoms with Gasteiger partial charge in [0.1, 0.15) is 24.4 Å². The number of rotatable bonds is 14. The van der Waals surface area contributed by atoms with Gasteiger partial charge in [-0.05, 0) is 42.2 Å². The summed E-state index contributed by atoms with van der Waals surface area (Å²) in [6, 6.07) is 19.7. The number of carbonyl (C=O) groups excluding carboxylic acids is 3. The summed E-state index contributed by atoms with van der Waals surface area (Å²) in [4.78, 5) is 38.6. The smallest absolute Gasteiger partial charge is 0.303 e. The summed E-state index contributed by atoms with van der Waals surface area (Å²) < 4.78 is 43.7. The van der Waals surface area contributed by atoms with Crippen molar-refractivity contribution in [2.45, 2.75) is 122 Å². The molecule has 1 saturated carbocycles. The highest BCUT2D eigenvalue weighted by Gasteiger charge is 2.69. The zero-order valence-electron chi connectivity index (χ0n) is 32.2. The summed E-state index contributed by atoms with van der Waals surface area (Å²) >= 11 is 0. The normalized spacial score (nSPS) is 34.3. The number of benzene rings is 2. The van der Waals surface area contributed by atoms with Crippen LogP contribution in [0.5, 0.6) is 0 Å². The highest BCUT2D eigenvalue weighted by atomic mass is 16.7. The predicted molar refractivity (Wildman–Crippen MR) is 195 cm³/mol. The Labute approximate surface area is 313 Å². The number of hydrogen-bond acceptors (Lipinski definition) is 11. The molecule has 2 heterocycles. The second-order valence-corrected chi connectivity index (χ2v) is 15.4. The lowest BCUT2D eigenvalue weighted by Gasteiger charge is -2.62. The van der Waals surface area contributed by atoms with Gasteiger partial charge in [0.15, 0.2) is 17.7 Å². The van der Waals surface area contributed by atoms with E-state index in [-0.39, 0.29) is 56.7 Å². The van der Waals surface area contributed by atoms with Gasteiger partial charge in [-0.1, -0.05) is 88.4 Å². The van der Waals surface area contributed by atoms with Gasteiger partial charge >= 0.3 is 11.9 Å². The van der Waals surface area contributed by atoms with E-state index in [1.54, 1.807) is 7.11 Å². The lowest BCUT2D eigenvalue weighted by molar-refractivity contribution is -0.335. The van der Waals surface area contributed by atoms with E-state index < -0.39 is 71.6 Å². The van der Waals surface area contributed by atoms with Gasteiger partial charge < -0.3 is 38.3 Å². The number of hydrogen-bond donors (Lipinski definition) is 1.